The molecule has 0 unspecified atom stereocenters. The van der Waals surface area contributed by atoms with Crippen LogP contribution in [0.4, 0.5) is 5.69 Å². The summed E-state index contributed by atoms with van der Waals surface area (Å²) in [6.07, 6.45) is 2.29. The van der Waals surface area contributed by atoms with Gasteiger partial charge in [0.15, 0.2) is 5.11 Å². The molecule has 0 saturated carbocycles. The topological polar surface area (TPSA) is 27.3 Å². The molecule has 1 aromatic carbocycles. The van der Waals surface area contributed by atoms with Crippen LogP contribution in [0.15, 0.2) is 41.8 Å². The maximum atomic E-state index is 5.50. The van der Waals surface area contributed by atoms with Gasteiger partial charge < -0.3 is 15.5 Å². The Bertz CT molecular complexity index is 617. The molecule has 0 amide bonds. The maximum absolute atomic E-state index is 5.50. The molecule has 1 fully saturated rings. The monoisotopic (exact) mass is 331 g/mol. The molecule has 0 atom stereocenters. The van der Waals surface area contributed by atoms with E-state index in [9.17, 15) is 0 Å². The number of nitrogens with zero attached hydrogens (tertiary/aromatic N) is 1. The van der Waals surface area contributed by atoms with Crippen molar-refractivity contribution in [2.45, 2.75) is 18.9 Å². The van der Waals surface area contributed by atoms with Gasteiger partial charge in [0.2, 0.25) is 0 Å². The fourth-order valence-electron chi connectivity index (χ4n) is 2.74. The van der Waals surface area contributed by atoms with Gasteiger partial charge >= 0.3 is 0 Å². The molecule has 2 heterocycles. The summed E-state index contributed by atoms with van der Waals surface area (Å²) in [6.45, 7) is 2.26. The fourth-order valence-corrected chi connectivity index (χ4v) is 3.78. The molecule has 5 heteroatoms. The van der Waals surface area contributed by atoms with Crippen molar-refractivity contribution < 1.29 is 0 Å². The third-order valence-electron chi connectivity index (χ3n) is 4.02. The maximum Gasteiger partial charge on any atom is 0.171 e. The molecule has 1 saturated heterocycles. The average molecular weight is 332 g/mol. The molecule has 1 aromatic heterocycles. The van der Waals surface area contributed by atoms with Gasteiger partial charge in [-0.25, -0.2) is 0 Å². The van der Waals surface area contributed by atoms with Gasteiger partial charge in [0.25, 0.3) is 0 Å². The number of thiocarbonyl (C=S) groups is 1. The van der Waals surface area contributed by atoms with Crippen molar-refractivity contribution in [1.82, 2.24) is 10.2 Å². The van der Waals surface area contributed by atoms with E-state index in [1.807, 2.05) is 6.07 Å². The molecule has 2 aromatic rings. The second kappa shape index (κ2) is 7.22. The number of rotatable bonds is 3. The minimum atomic E-state index is 0.477. The van der Waals surface area contributed by atoms with Crippen LogP contribution in [-0.4, -0.2) is 36.2 Å². The van der Waals surface area contributed by atoms with Crippen molar-refractivity contribution in [3.05, 3.63) is 41.8 Å². The first-order chi connectivity index (χ1) is 10.7. The van der Waals surface area contributed by atoms with E-state index in [-0.39, 0.29) is 0 Å². The lowest BCUT2D eigenvalue weighted by Gasteiger charge is -2.30. The summed E-state index contributed by atoms with van der Waals surface area (Å²) >= 11 is 7.25. The molecule has 116 valence electrons. The van der Waals surface area contributed by atoms with E-state index in [2.05, 4.69) is 58.3 Å². The highest BCUT2D eigenvalue weighted by atomic mass is 32.1. The summed E-state index contributed by atoms with van der Waals surface area (Å²) in [5.74, 6) is 0. The quantitative estimate of drug-likeness (QED) is 0.837. The molecule has 0 aliphatic carbocycles. The van der Waals surface area contributed by atoms with Gasteiger partial charge in [-0.15, -0.1) is 11.3 Å². The third kappa shape index (κ3) is 3.85. The van der Waals surface area contributed by atoms with E-state index >= 15 is 0 Å². The van der Waals surface area contributed by atoms with E-state index in [0.29, 0.717) is 6.04 Å². The molecule has 0 radical (unpaired) electrons. The SMILES string of the molecule is CN1CCC(NC(=S)Nc2ccccc2-c2cccs2)CC1. The van der Waals surface area contributed by atoms with Gasteiger partial charge in [-0.3, -0.25) is 0 Å². The molecule has 22 heavy (non-hydrogen) atoms. The molecule has 2 N–H and O–H groups in total. The van der Waals surface area contributed by atoms with Crippen LogP contribution in [0.5, 0.6) is 0 Å². The van der Waals surface area contributed by atoms with E-state index in [1.54, 1.807) is 11.3 Å². The molecule has 0 spiro atoms. The Morgan fingerprint density at radius 3 is 2.68 bits per heavy atom. The lowest BCUT2D eigenvalue weighted by Crippen LogP contribution is -2.44. The zero-order chi connectivity index (χ0) is 15.4. The third-order valence-corrected chi connectivity index (χ3v) is 5.14. The van der Waals surface area contributed by atoms with Crippen molar-refractivity contribution in [2.75, 3.05) is 25.5 Å². The fraction of sp³-hybridized carbons (Fsp3) is 0.353. The number of hydrogen-bond donors (Lipinski definition) is 2. The predicted molar refractivity (Wildman–Crippen MR) is 99.6 cm³/mol. The smallest absolute Gasteiger partial charge is 0.171 e. The van der Waals surface area contributed by atoms with Crippen LogP contribution >= 0.6 is 23.6 Å². The highest BCUT2D eigenvalue weighted by molar-refractivity contribution is 7.80. The number of benzene rings is 1. The van der Waals surface area contributed by atoms with Crippen LogP contribution in [-0.2, 0) is 0 Å². The summed E-state index contributed by atoms with van der Waals surface area (Å²) in [6, 6.07) is 13.0. The average Bonchev–Trinajstić information content (AvgIpc) is 3.04. The summed E-state index contributed by atoms with van der Waals surface area (Å²) < 4.78 is 0. The first kappa shape index (κ1) is 15.5. The second-order valence-corrected chi connectivity index (χ2v) is 7.05. The molecule has 3 rings (SSSR count). The summed E-state index contributed by atoms with van der Waals surface area (Å²) in [4.78, 5) is 3.62. The lowest BCUT2D eigenvalue weighted by atomic mass is 10.1. The Hall–Kier alpha value is -1.43. The van der Waals surface area contributed by atoms with E-state index < -0.39 is 0 Å². The van der Waals surface area contributed by atoms with Crippen LogP contribution in [0.2, 0.25) is 0 Å². The Balaban J connectivity index is 1.65. The van der Waals surface area contributed by atoms with E-state index in [4.69, 9.17) is 12.2 Å². The zero-order valence-electron chi connectivity index (χ0n) is 12.7. The molecule has 3 nitrogen and oxygen atoms in total. The van der Waals surface area contributed by atoms with Crippen molar-refractivity contribution in [3.63, 3.8) is 0 Å². The van der Waals surface area contributed by atoms with Crippen LogP contribution in [0.1, 0.15) is 12.8 Å². The number of hydrogen-bond acceptors (Lipinski definition) is 3. The van der Waals surface area contributed by atoms with Crippen LogP contribution < -0.4 is 10.6 Å². The van der Waals surface area contributed by atoms with Crippen molar-refractivity contribution in [2.24, 2.45) is 0 Å². The van der Waals surface area contributed by atoms with Crippen LogP contribution in [0.3, 0.4) is 0 Å². The highest BCUT2D eigenvalue weighted by Gasteiger charge is 2.17. The van der Waals surface area contributed by atoms with Gasteiger partial charge in [0, 0.05) is 22.2 Å². The van der Waals surface area contributed by atoms with Crippen LogP contribution in [0.25, 0.3) is 10.4 Å². The molecule has 1 aliphatic heterocycles. The van der Waals surface area contributed by atoms with Gasteiger partial charge in [-0.1, -0.05) is 24.3 Å². The Labute approximate surface area is 141 Å². The van der Waals surface area contributed by atoms with Gasteiger partial charge in [0.05, 0.1) is 0 Å². The number of anilines is 1. The number of para-hydroxylation sites is 1. The van der Waals surface area contributed by atoms with Crippen molar-refractivity contribution in [1.29, 1.82) is 0 Å². The largest absolute Gasteiger partial charge is 0.360 e. The Morgan fingerprint density at radius 1 is 1.18 bits per heavy atom. The summed E-state index contributed by atoms with van der Waals surface area (Å²) in [5, 5.41) is 9.65. The first-order valence-corrected chi connectivity index (χ1v) is 8.90. The standard InChI is InChI=1S/C17H21N3S2/c1-20-10-8-13(9-11-20)18-17(21)19-15-6-3-2-5-14(15)16-7-4-12-22-16/h2-7,12-13H,8-11H2,1H3,(H2,18,19,21). The van der Waals surface area contributed by atoms with Crippen LogP contribution in [0, 0.1) is 0 Å². The van der Waals surface area contributed by atoms with Gasteiger partial charge in [-0.2, -0.15) is 0 Å². The van der Waals surface area contributed by atoms with Crippen molar-refractivity contribution in [3.8, 4) is 10.4 Å². The predicted octanol–water partition coefficient (Wildman–Crippen LogP) is 3.80. The number of thiophene rings is 1. The molecule has 1 aliphatic rings. The lowest BCUT2D eigenvalue weighted by molar-refractivity contribution is 0.247. The first-order valence-electron chi connectivity index (χ1n) is 7.61. The van der Waals surface area contributed by atoms with E-state index in [0.717, 1.165) is 36.7 Å². The minimum absolute atomic E-state index is 0.477. The minimum Gasteiger partial charge on any atom is -0.360 e. The number of piperidine rings is 1. The highest BCUT2D eigenvalue weighted by Crippen LogP contribution is 2.31. The molecule has 0 bridgehead atoms. The Kier molecular flexibility index (Phi) is 5.08. The number of nitrogens with one attached hydrogen (secondary N) is 2. The molecular weight excluding hydrogens is 310 g/mol. The van der Waals surface area contributed by atoms with Crippen molar-refractivity contribution >= 4 is 34.4 Å². The second-order valence-electron chi connectivity index (χ2n) is 5.70. The normalized spacial score (nSPS) is 16.4. The summed E-state index contributed by atoms with van der Waals surface area (Å²) in [7, 11) is 2.17. The number of likely N-dealkylation sites (tertiary alicyclic amines) is 1. The zero-order valence-corrected chi connectivity index (χ0v) is 14.3. The summed E-state index contributed by atoms with van der Waals surface area (Å²) in [5.41, 5.74) is 2.26. The van der Waals surface area contributed by atoms with Gasteiger partial charge in [0.1, 0.15) is 0 Å². The molecular formula is C17H21N3S2. The van der Waals surface area contributed by atoms with E-state index in [1.165, 1.54) is 10.4 Å². The Morgan fingerprint density at radius 2 is 1.95 bits per heavy atom. The van der Waals surface area contributed by atoms with Gasteiger partial charge in [-0.05, 0) is 62.7 Å².